The summed E-state index contributed by atoms with van der Waals surface area (Å²) in [6, 6.07) is 0.658. The van der Waals surface area contributed by atoms with Crippen molar-refractivity contribution in [2.75, 3.05) is 0 Å². The van der Waals surface area contributed by atoms with Crippen molar-refractivity contribution in [1.82, 2.24) is 21.5 Å². The number of urea groups is 1. The van der Waals surface area contributed by atoms with Crippen molar-refractivity contribution in [1.29, 1.82) is 0 Å². The first-order valence-electron chi connectivity index (χ1n) is 6.83. The van der Waals surface area contributed by atoms with Crippen LogP contribution < -0.4 is 21.5 Å². The third kappa shape index (κ3) is 2.85. The van der Waals surface area contributed by atoms with E-state index in [1.54, 1.807) is 0 Å². The summed E-state index contributed by atoms with van der Waals surface area (Å²) in [6.45, 7) is 0. The van der Waals surface area contributed by atoms with Gasteiger partial charge in [-0.2, -0.15) is 0 Å². The summed E-state index contributed by atoms with van der Waals surface area (Å²) in [7, 11) is 0. The van der Waals surface area contributed by atoms with Crippen LogP contribution in [0.2, 0.25) is 0 Å². The number of carbonyl (C=O) groups is 1. The molecular weight excluding hydrogens is 248 g/mol. The number of amides is 2. The van der Waals surface area contributed by atoms with Crippen molar-refractivity contribution in [2.45, 2.75) is 50.6 Å². The van der Waals surface area contributed by atoms with E-state index in [4.69, 9.17) is 12.2 Å². The number of nitrogens with one attached hydrogen (secondary N) is 4. The number of thiocarbonyl (C=S) groups is 1. The van der Waals surface area contributed by atoms with Gasteiger partial charge < -0.3 is 10.6 Å². The Morgan fingerprint density at radius 2 is 1.83 bits per heavy atom. The molecule has 5 nitrogen and oxygen atoms in total. The molecule has 3 aliphatic rings. The van der Waals surface area contributed by atoms with Crippen LogP contribution in [0.5, 0.6) is 0 Å². The molecule has 3 fully saturated rings. The predicted octanol–water partition coefficient (Wildman–Crippen LogP) is 1.02. The van der Waals surface area contributed by atoms with Crippen LogP contribution in [0.1, 0.15) is 38.5 Å². The van der Waals surface area contributed by atoms with E-state index in [1.165, 1.54) is 25.7 Å². The monoisotopic (exact) mass is 268 g/mol. The van der Waals surface area contributed by atoms with Crippen molar-refractivity contribution >= 4 is 23.4 Å². The second kappa shape index (κ2) is 4.91. The first-order valence-corrected chi connectivity index (χ1v) is 7.24. The van der Waals surface area contributed by atoms with Gasteiger partial charge >= 0.3 is 6.03 Å². The summed E-state index contributed by atoms with van der Waals surface area (Å²) < 4.78 is 0. The molecule has 2 amide bonds. The van der Waals surface area contributed by atoms with Gasteiger partial charge in [-0.25, -0.2) is 10.2 Å². The maximum absolute atomic E-state index is 11.4. The Hall–Kier alpha value is -1.04. The molecule has 2 bridgehead atoms. The van der Waals surface area contributed by atoms with E-state index in [0.717, 1.165) is 24.7 Å². The van der Waals surface area contributed by atoms with Crippen LogP contribution in [0.3, 0.4) is 0 Å². The van der Waals surface area contributed by atoms with E-state index in [9.17, 15) is 4.79 Å². The zero-order chi connectivity index (χ0) is 12.5. The average Bonchev–Trinajstić information content (AvgIpc) is 2.90. The molecule has 0 aromatic carbocycles. The lowest BCUT2D eigenvalue weighted by Gasteiger charge is -2.24. The number of fused-ring (bicyclic) bond motifs is 2. The lowest BCUT2D eigenvalue weighted by atomic mass is 9.96. The molecule has 0 spiro atoms. The Kier molecular flexibility index (Phi) is 3.28. The number of hydrazine groups is 1. The highest BCUT2D eigenvalue weighted by atomic mass is 32.1. The van der Waals surface area contributed by atoms with Crippen LogP contribution in [0.25, 0.3) is 0 Å². The molecule has 0 aliphatic heterocycles. The maximum atomic E-state index is 11.4. The molecule has 0 heterocycles. The molecule has 3 aliphatic carbocycles. The van der Waals surface area contributed by atoms with Gasteiger partial charge in [0.2, 0.25) is 0 Å². The standard InChI is InChI=1S/C12H20N4OS/c17-11(13-9-3-4-9)15-16-12(18)14-10-6-7-1-2-8(10)5-7/h7-10H,1-6H2,(H2,13,15,17)(H2,14,16,18)/t7-,8-,10-/m0/s1. The summed E-state index contributed by atoms with van der Waals surface area (Å²) in [4.78, 5) is 11.4. The zero-order valence-corrected chi connectivity index (χ0v) is 11.2. The summed E-state index contributed by atoms with van der Waals surface area (Å²) in [6.07, 6.45) is 7.44. The van der Waals surface area contributed by atoms with Crippen molar-refractivity contribution < 1.29 is 4.79 Å². The molecule has 4 N–H and O–H groups in total. The fourth-order valence-corrected chi connectivity index (χ4v) is 3.39. The molecule has 100 valence electrons. The minimum atomic E-state index is -0.199. The molecule has 0 radical (unpaired) electrons. The third-order valence-electron chi connectivity index (χ3n) is 4.26. The highest BCUT2D eigenvalue weighted by Crippen LogP contribution is 2.44. The Balaban J connectivity index is 1.35. The molecule has 3 saturated carbocycles. The van der Waals surface area contributed by atoms with E-state index in [2.05, 4.69) is 21.5 Å². The molecule has 3 rings (SSSR count). The molecule has 3 atom stereocenters. The van der Waals surface area contributed by atoms with Crippen molar-refractivity contribution in [2.24, 2.45) is 11.8 Å². The van der Waals surface area contributed by atoms with Crippen LogP contribution in [0.15, 0.2) is 0 Å². The highest BCUT2D eigenvalue weighted by Gasteiger charge is 2.39. The van der Waals surface area contributed by atoms with Crippen LogP contribution in [-0.2, 0) is 0 Å². The quantitative estimate of drug-likeness (QED) is 0.446. The van der Waals surface area contributed by atoms with Gasteiger partial charge in [0.15, 0.2) is 5.11 Å². The van der Waals surface area contributed by atoms with Gasteiger partial charge in [0.25, 0.3) is 0 Å². The van der Waals surface area contributed by atoms with Gasteiger partial charge in [-0.1, -0.05) is 6.42 Å². The fourth-order valence-electron chi connectivity index (χ4n) is 3.19. The molecule has 0 aromatic rings. The summed E-state index contributed by atoms with van der Waals surface area (Å²) in [5.74, 6) is 1.66. The minimum Gasteiger partial charge on any atom is -0.358 e. The fraction of sp³-hybridized carbons (Fsp3) is 0.833. The minimum absolute atomic E-state index is 0.199. The van der Waals surface area contributed by atoms with Gasteiger partial charge in [0, 0.05) is 12.1 Å². The highest BCUT2D eigenvalue weighted by molar-refractivity contribution is 7.80. The zero-order valence-electron chi connectivity index (χ0n) is 10.4. The molecule has 0 saturated heterocycles. The summed E-state index contributed by atoms with van der Waals surface area (Å²) in [5.41, 5.74) is 5.33. The Labute approximate surface area is 112 Å². The molecule has 0 aromatic heterocycles. The largest absolute Gasteiger partial charge is 0.358 e. The number of hydrogen-bond acceptors (Lipinski definition) is 2. The van der Waals surface area contributed by atoms with Gasteiger partial charge in [-0.05, 0) is 56.2 Å². The van der Waals surface area contributed by atoms with E-state index in [0.29, 0.717) is 17.2 Å². The van der Waals surface area contributed by atoms with Gasteiger partial charge in [0.05, 0.1) is 0 Å². The lowest BCUT2D eigenvalue weighted by molar-refractivity contribution is 0.238. The number of hydrogen-bond donors (Lipinski definition) is 4. The van der Waals surface area contributed by atoms with Crippen molar-refractivity contribution in [3.8, 4) is 0 Å². The van der Waals surface area contributed by atoms with Crippen LogP contribution in [-0.4, -0.2) is 23.2 Å². The summed E-state index contributed by atoms with van der Waals surface area (Å²) in [5, 5.41) is 6.67. The SMILES string of the molecule is O=C(NNC(=S)N[C@H]1C[C@H]2CC[C@H]1C2)NC1CC1. The normalized spacial score (nSPS) is 33.0. The van der Waals surface area contributed by atoms with Crippen LogP contribution in [0, 0.1) is 11.8 Å². The van der Waals surface area contributed by atoms with Gasteiger partial charge in [0.1, 0.15) is 0 Å². The molecule has 18 heavy (non-hydrogen) atoms. The number of rotatable bonds is 2. The lowest BCUT2D eigenvalue weighted by Crippen LogP contribution is -2.53. The van der Waals surface area contributed by atoms with Gasteiger partial charge in [-0.3, -0.25) is 5.43 Å². The number of carbonyl (C=O) groups excluding carboxylic acids is 1. The smallest absolute Gasteiger partial charge is 0.333 e. The van der Waals surface area contributed by atoms with Crippen molar-refractivity contribution in [3.05, 3.63) is 0 Å². The Morgan fingerprint density at radius 3 is 2.44 bits per heavy atom. The molecular formula is C12H20N4OS. The topological polar surface area (TPSA) is 65.2 Å². The second-order valence-corrected chi connectivity index (χ2v) is 6.16. The van der Waals surface area contributed by atoms with E-state index in [1.807, 2.05) is 0 Å². The van der Waals surface area contributed by atoms with E-state index in [-0.39, 0.29) is 6.03 Å². The Bertz CT molecular complexity index is 358. The second-order valence-electron chi connectivity index (χ2n) is 5.75. The first-order chi connectivity index (χ1) is 8.70. The average molecular weight is 268 g/mol. The van der Waals surface area contributed by atoms with Gasteiger partial charge in [-0.15, -0.1) is 0 Å². The molecule has 6 heteroatoms. The van der Waals surface area contributed by atoms with Crippen molar-refractivity contribution in [3.63, 3.8) is 0 Å². The van der Waals surface area contributed by atoms with Crippen LogP contribution in [0.4, 0.5) is 4.79 Å². The third-order valence-corrected chi connectivity index (χ3v) is 4.48. The molecule has 0 unspecified atom stereocenters. The first kappa shape index (κ1) is 12.0. The summed E-state index contributed by atoms with van der Waals surface area (Å²) >= 11 is 5.19. The Morgan fingerprint density at radius 1 is 1.00 bits per heavy atom. The van der Waals surface area contributed by atoms with E-state index < -0.39 is 0 Å². The van der Waals surface area contributed by atoms with E-state index >= 15 is 0 Å². The maximum Gasteiger partial charge on any atom is 0.333 e. The predicted molar refractivity (Wildman–Crippen MR) is 72.8 cm³/mol. The van der Waals surface area contributed by atoms with Crippen LogP contribution >= 0.6 is 12.2 Å².